The summed E-state index contributed by atoms with van der Waals surface area (Å²) in [5.41, 5.74) is 2.13. The van der Waals surface area contributed by atoms with Crippen molar-refractivity contribution >= 4 is 0 Å². The van der Waals surface area contributed by atoms with Crippen molar-refractivity contribution in [3.05, 3.63) is 12.2 Å². The van der Waals surface area contributed by atoms with Gasteiger partial charge in [-0.1, -0.05) is 46.8 Å². The Bertz CT molecular complexity index is 804. The molecular weight excluding hydrogens is 408 g/mol. The van der Waals surface area contributed by atoms with Crippen molar-refractivity contribution in [2.24, 2.45) is 51.2 Å². The van der Waals surface area contributed by atoms with Gasteiger partial charge in [-0.05, 0) is 122 Å². The summed E-state index contributed by atoms with van der Waals surface area (Å²) in [6.45, 7) is 19.1. The molecule has 0 aliphatic heterocycles. The first-order valence-corrected chi connectivity index (χ1v) is 14.0. The molecule has 3 heteroatoms. The second-order valence-electron chi connectivity index (χ2n) is 14.4. The summed E-state index contributed by atoms with van der Waals surface area (Å²) in [5.74, 6) is 3.01. The molecular formula is C30H50O3. The highest BCUT2D eigenvalue weighted by atomic mass is 16.6. The van der Waals surface area contributed by atoms with E-state index in [1.54, 1.807) is 0 Å². The molecule has 5 fully saturated rings. The number of hydrogen-bond donors (Lipinski definition) is 2. The van der Waals surface area contributed by atoms with E-state index in [-0.39, 0.29) is 23.9 Å². The van der Waals surface area contributed by atoms with Gasteiger partial charge in [0.05, 0.1) is 11.7 Å². The number of ether oxygens (including phenoxy) is 1. The third-order valence-electron chi connectivity index (χ3n) is 13.3. The Morgan fingerprint density at radius 2 is 1.58 bits per heavy atom. The predicted molar refractivity (Wildman–Crippen MR) is 133 cm³/mol. The van der Waals surface area contributed by atoms with Gasteiger partial charge in [-0.15, -0.1) is 0 Å². The molecule has 0 spiro atoms. The highest BCUT2D eigenvalue weighted by molar-refractivity contribution is 5.22. The van der Waals surface area contributed by atoms with Crippen LogP contribution in [0.3, 0.4) is 0 Å². The van der Waals surface area contributed by atoms with Crippen molar-refractivity contribution in [1.29, 1.82) is 0 Å². The summed E-state index contributed by atoms with van der Waals surface area (Å²) in [5, 5.41) is 20.8. The fourth-order valence-corrected chi connectivity index (χ4v) is 11.5. The Balaban J connectivity index is 1.54. The SMILES string of the molecule is C=C(C)C1CCC2(OCO)CCC3(C)C(CCC4[C@@]5(C)CCC(O)C(C)(C)C5CC[C@]43C)C12. The van der Waals surface area contributed by atoms with Crippen LogP contribution in [0, 0.1) is 51.2 Å². The van der Waals surface area contributed by atoms with Crippen LogP contribution in [0.2, 0.25) is 0 Å². The first-order valence-electron chi connectivity index (χ1n) is 14.0. The molecule has 3 nitrogen and oxygen atoms in total. The number of allylic oxidation sites excluding steroid dienone is 1. The zero-order valence-corrected chi connectivity index (χ0v) is 22.3. The second-order valence-corrected chi connectivity index (χ2v) is 14.4. The molecule has 5 aliphatic carbocycles. The molecule has 0 radical (unpaired) electrons. The van der Waals surface area contributed by atoms with Crippen molar-refractivity contribution in [1.82, 2.24) is 0 Å². The molecule has 33 heavy (non-hydrogen) atoms. The summed E-state index contributed by atoms with van der Waals surface area (Å²) in [6, 6.07) is 0. The first kappa shape index (κ1) is 24.3. The maximum Gasteiger partial charge on any atom is 0.144 e. The molecule has 0 aromatic heterocycles. The summed E-state index contributed by atoms with van der Waals surface area (Å²) in [6.07, 6.45) is 11.7. The van der Waals surface area contributed by atoms with E-state index in [9.17, 15) is 10.2 Å². The van der Waals surface area contributed by atoms with Gasteiger partial charge >= 0.3 is 0 Å². The highest BCUT2D eigenvalue weighted by Gasteiger charge is 2.71. The van der Waals surface area contributed by atoms with Gasteiger partial charge in [-0.3, -0.25) is 0 Å². The summed E-state index contributed by atoms with van der Waals surface area (Å²) < 4.78 is 6.27. The monoisotopic (exact) mass is 458 g/mol. The van der Waals surface area contributed by atoms with Gasteiger partial charge in [0, 0.05) is 0 Å². The molecule has 2 N–H and O–H groups in total. The lowest BCUT2D eigenvalue weighted by atomic mass is 9.33. The van der Waals surface area contributed by atoms with Crippen LogP contribution in [0.1, 0.15) is 106 Å². The highest BCUT2D eigenvalue weighted by Crippen LogP contribution is 2.76. The maximum atomic E-state index is 10.9. The zero-order chi connectivity index (χ0) is 24.0. The largest absolute Gasteiger partial charge is 0.393 e. The normalized spacial score (nSPS) is 55.2. The second kappa shape index (κ2) is 7.56. The smallest absolute Gasteiger partial charge is 0.144 e. The van der Waals surface area contributed by atoms with E-state index in [2.05, 4.69) is 48.1 Å². The standard InChI is InChI=1S/C30H50O3/c1-19(2)20-10-15-30(33-18-31)17-16-28(6)21(25(20)30)8-9-23-27(5)13-12-24(32)26(3,4)22(27)11-14-29(23,28)7/h20-25,31-32H,1,8-18H2,2-7H3/t20?,21?,22?,23?,24?,25?,27-,28?,29+,30?/m0/s1. The molecule has 0 bridgehead atoms. The van der Waals surface area contributed by atoms with Crippen molar-refractivity contribution in [2.75, 3.05) is 6.79 Å². The molecule has 5 rings (SSSR count). The third kappa shape index (κ3) is 2.97. The topological polar surface area (TPSA) is 49.7 Å². The minimum atomic E-state index is -0.160. The molecule has 5 saturated carbocycles. The van der Waals surface area contributed by atoms with Gasteiger partial charge in [-0.2, -0.15) is 0 Å². The van der Waals surface area contributed by atoms with Crippen LogP contribution in [0.5, 0.6) is 0 Å². The van der Waals surface area contributed by atoms with Crippen LogP contribution in [0.15, 0.2) is 12.2 Å². The molecule has 0 heterocycles. The van der Waals surface area contributed by atoms with Crippen molar-refractivity contribution in [3.63, 3.8) is 0 Å². The number of aliphatic hydroxyl groups excluding tert-OH is 2. The Morgan fingerprint density at radius 1 is 0.848 bits per heavy atom. The zero-order valence-electron chi connectivity index (χ0n) is 22.3. The van der Waals surface area contributed by atoms with Crippen LogP contribution >= 0.6 is 0 Å². The van der Waals surface area contributed by atoms with E-state index in [0.29, 0.717) is 39.9 Å². The van der Waals surface area contributed by atoms with E-state index in [0.717, 1.165) is 25.2 Å². The van der Waals surface area contributed by atoms with Gasteiger partial charge in [0.2, 0.25) is 0 Å². The van der Waals surface area contributed by atoms with E-state index < -0.39 is 0 Å². The van der Waals surface area contributed by atoms with Crippen LogP contribution in [0.25, 0.3) is 0 Å². The van der Waals surface area contributed by atoms with Gasteiger partial charge in [0.1, 0.15) is 6.79 Å². The van der Waals surface area contributed by atoms with E-state index in [4.69, 9.17) is 4.74 Å². The number of hydrogen-bond acceptors (Lipinski definition) is 3. The Hall–Kier alpha value is -0.380. The van der Waals surface area contributed by atoms with Crippen LogP contribution in [-0.4, -0.2) is 28.7 Å². The fraction of sp³-hybridized carbons (Fsp3) is 0.933. The molecule has 5 aliphatic rings. The molecule has 0 aromatic carbocycles. The first-order chi connectivity index (χ1) is 15.4. The average Bonchev–Trinajstić information content (AvgIpc) is 3.12. The third-order valence-corrected chi connectivity index (χ3v) is 13.3. The molecule has 0 amide bonds. The Morgan fingerprint density at radius 3 is 2.24 bits per heavy atom. The van der Waals surface area contributed by atoms with Crippen molar-refractivity contribution < 1.29 is 14.9 Å². The number of fused-ring (bicyclic) bond motifs is 7. The lowest BCUT2D eigenvalue weighted by molar-refractivity contribution is -0.265. The van der Waals surface area contributed by atoms with Gasteiger partial charge in [-0.25, -0.2) is 0 Å². The Labute approximate surface area is 202 Å². The molecule has 8 unspecified atom stereocenters. The summed E-state index contributed by atoms with van der Waals surface area (Å²) in [7, 11) is 0. The van der Waals surface area contributed by atoms with Gasteiger partial charge in [0.25, 0.3) is 0 Å². The quantitative estimate of drug-likeness (QED) is 0.364. The minimum Gasteiger partial charge on any atom is -0.393 e. The van der Waals surface area contributed by atoms with Crippen molar-refractivity contribution in [2.45, 2.75) is 117 Å². The summed E-state index contributed by atoms with van der Waals surface area (Å²) in [4.78, 5) is 0. The van der Waals surface area contributed by atoms with Gasteiger partial charge < -0.3 is 14.9 Å². The molecule has 0 aromatic rings. The van der Waals surface area contributed by atoms with Gasteiger partial charge in [0.15, 0.2) is 0 Å². The van der Waals surface area contributed by atoms with Crippen LogP contribution in [0.4, 0.5) is 0 Å². The molecule has 188 valence electrons. The fourth-order valence-electron chi connectivity index (χ4n) is 11.5. The average molecular weight is 459 g/mol. The lowest BCUT2D eigenvalue weighted by Crippen LogP contribution is -2.67. The van der Waals surface area contributed by atoms with E-state index in [1.807, 2.05) is 0 Å². The lowest BCUT2D eigenvalue weighted by Gasteiger charge is -2.72. The number of rotatable bonds is 3. The van der Waals surface area contributed by atoms with Crippen LogP contribution in [-0.2, 0) is 4.74 Å². The van der Waals surface area contributed by atoms with E-state index >= 15 is 0 Å². The Kier molecular flexibility index (Phi) is 5.57. The minimum absolute atomic E-state index is 0.0132. The number of aliphatic hydroxyl groups is 2. The summed E-state index contributed by atoms with van der Waals surface area (Å²) >= 11 is 0. The molecule has 0 saturated heterocycles. The predicted octanol–water partition coefficient (Wildman–Crippen LogP) is 6.72. The maximum absolute atomic E-state index is 10.9. The van der Waals surface area contributed by atoms with E-state index in [1.165, 1.54) is 50.5 Å². The van der Waals surface area contributed by atoms with Crippen molar-refractivity contribution in [3.8, 4) is 0 Å². The molecule has 10 atom stereocenters. The van der Waals surface area contributed by atoms with Crippen LogP contribution < -0.4 is 0 Å².